The van der Waals surface area contributed by atoms with Gasteiger partial charge in [-0.25, -0.2) is 0 Å². The van der Waals surface area contributed by atoms with Crippen LogP contribution in [0.4, 0.5) is 5.69 Å². The molecule has 49 heavy (non-hydrogen) atoms. The number of anilines is 1. The topological polar surface area (TPSA) is 40.3 Å². The Morgan fingerprint density at radius 2 is 0.939 bits per heavy atom. The number of thioether (sulfide) groups is 3. The average Bonchev–Trinajstić information content (AvgIpc) is 3.84. The van der Waals surface area contributed by atoms with E-state index in [0.717, 1.165) is 27.3 Å². The average molecular weight is 707 g/mol. The predicted molar refractivity (Wildman–Crippen MR) is 227 cm³/mol. The maximum atomic E-state index is 4.57. The second-order valence-electron chi connectivity index (χ2n) is 12.5. The van der Waals surface area contributed by atoms with Gasteiger partial charge in [-0.3, -0.25) is 15.0 Å². The van der Waals surface area contributed by atoms with Crippen molar-refractivity contribution in [1.29, 1.82) is 0 Å². The number of hydrogen-bond donors (Lipinski definition) is 0. The Morgan fingerprint density at radius 3 is 1.35 bits per heavy atom. The molecule has 0 unspecified atom stereocenters. The lowest BCUT2D eigenvalue weighted by Crippen LogP contribution is -2.07. The van der Waals surface area contributed by atoms with E-state index in [1.807, 2.05) is 35.3 Å². The minimum Gasteiger partial charge on any atom is -0.378 e. The highest BCUT2D eigenvalue weighted by Gasteiger charge is 2.15. The van der Waals surface area contributed by atoms with Crippen LogP contribution in [0.3, 0.4) is 0 Å². The van der Waals surface area contributed by atoms with E-state index in [9.17, 15) is 0 Å². The van der Waals surface area contributed by atoms with Crippen molar-refractivity contribution in [2.24, 2.45) is 15.0 Å². The zero-order valence-corrected chi connectivity index (χ0v) is 32.4. The van der Waals surface area contributed by atoms with Crippen LogP contribution in [0.15, 0.2) is 124 Å². The zero-order valence-electron chi connectivity index (χ0n) is 29.9. The number of nitrogens with zero attached hydrogens (tertiary/aromatic N) is 4. The normalized spacial score (nSPS) is 20.3. The van der Waals surface area contributed by atoms with E-state index in [2.05, 4.69) is 190 Å². The molecule has 0 bridgehead atoms. The summed E-state index contributed by atoms with van der Waals surface area (Å²) in [5, 5.41) is 3.48. The largest absolute Gasteiger partial charge is 0.378 e. The molecular weight excluding hydrogens is 657 g/mol. The van der Waals surface area contributed by atoms with Gasteiger partial charge in [-0.05, 0) is 70.0 Å². The van der Waals surface area contributed by atoms with Gasteiger partial charge in [-0.1, -0.05) is 108 Å². The van der Waals surface area contributed by atoms with Crippen molar-refractivity contribution in [3.8, 4) is 0 Å². The molecule has 0 saturated heterocycles. The van der Waals surface area contributed by atoms with Gasteiger partial charge in [0.05, 0.1) is 33.3 Å². The third kappa shape index (κ3) is 14.1. The molecule has 3 aromatic rings. The third-order valence-electron chi connectivity index (χ3n) is 7.50. The van der Waals surface area contributed by atoms with Crippen molar-refractivity contribution in [3.63, 3.8) is 0 Å². The second-order valence-corrected chi connectivity index (χ2v) is 15.6. The molecule has 3 aliphatic rings. The Kier molecular flexibility index (Phi) is 15.8. The first-order chi connectivity index (χ1) is 23.6. The van der Waals surface area contributed by atoms with Crippen molar-refractivity contribution >= 4 is 68.3 Å². The minimum absolute atomic E-state index is 0.465. The molecule has 0 N–H and O–H groups in total. The summed E-state index contributed by atoms with van der Waals surface area (Å²) in [5.74, 6) is 3.35. The molecule has 0 aromatic heterocycles. The van der Waals surface area contributed by atoms with Gasteiger partial charge in [-0.2, -0.15) is 0 Å². The van der Waals surface area contributed by atoms with Gasteiger partial charge >= 0.3 is 0 Å². The van der Waals surface area contributed by atoms with Crippen LogP contribution in [0.5, 0.6) is 0 Å². The molecule has 0 saturated carbocycles. The number of benzene rings is 3. The van der Waals surface area contributed by atoms with Crippen molar-refractivity contribution in [2.75, 3.05) is 36.3 Å². The van der Waals surface area contributed by atoms with Crippen molar-refractivity contribution < 1.29 is 0 Å². The van der Waals surface area contributed by atoms with Crippen LogP contribution >= 0.6 is 35.3 Å². The van der Waals surface area contributed by atoms with Crippen molar-refractivity contribution in [3.05, 3.63) is 137 Å². The van der Waals surface area contributed by atoms with Crippen LogP contribution < -0.4 is 4.90 Å². The van der Waals surface area contributed by atoms with Gasteiger partial charge in [-0.15, -0.1) is 35.3 Å². The van der Waals surface area contributed by atoms with E-state index in [0.29, 0.717) is 18.1 Å². The number of hydrogen-bond acceptors (Lipinski definition) is 7. The highest BCUT2D eigenvalue weighted by molar-refractivity contribution is 8.15. The maximum Gasteiger partial charge on any atom is 0.0981 e. The fourth-order valence-corrected chi connectivity index (χ4v) is 7.54. The number of aryl methyl sites for hydroxylation is 2. The standard InChI is InChI=1S/C16H20N2S.C15H17NS.C11H13NS/c1-13-12-19-16(17-13)7-5-4-6-14-8-10-15(11-9-14)18(2)3;1-12-7-9-14(10-8-12)5-3-4-6-15-16-13(2)11-17-15;1-8-3-5-10(6-4-8)11-12-9(2)7-13-11/h4-11,13H,12H2,1-3H3;3-10,13H,11H2,1-2H3;3-6,9H,7H2,1-2H3/b6-4+,7-5+;5-3+,6-4+;/t2*13-;9-/m000/s1. The molecule has 3 heterocycles. The summed E-state index contributed by atoms with van der Waals surface area (Å²) < 4.78 is 0. The van der Waals surface area contributed by atoms with E-state index >= 15 is 0 Å². The number of aliphatic imine (C=N–C) groups is 3. The first-order valence-electron chi connectivity index (χ1n) is 16.9. The van der Waals surface area contributed by atoms with E-state index < -0.39 is 0 Å². The molecule has 0 radical (unpaired) electrons. The van der Waals surface area contributed by atoms with Gasteiger partial charge in [0.1, 0.15) is 0 Å². The minimum atomic E-state index is 0.465. The highest BCUT2D eigenvalue weighted by atomic mass is 32.2. The molecule has 3 aromatic carbocycles. The predicted octanol–water partition coefficient (Wildman–Crippen LogP) is 10.8. The summed E-state index contributed by atoms with van der Waals surface area (Å²) in [7, 11) is 4.10. The third-order valence-corrected chi connectivity index (χ3v) is 11.1. The monoisotopic (exact) mass is 706 g/mol. The van der Waals surface area contributed by atoms with Crippen LogP contribution in [0, 0.1) is 13.8 Å². The lowest BCUT2D eigenvalue weighted by molar-refractivity contribution is 0.865. The summed E-state index contributed by atoms with van der Waals surface area (Å²) in [6.45, 7) is 10.7. The lowest BCUT2D eigenvalue weighted by Gasteiger charge is -2.11. The van der Waals surface area contributed by atoms with Crippen molar-refractivity contribution in [2.45, 2.75) is 52.7 Å². The summed E-state index contributed by atoms with van der Waals surface area (Å²) in [5.41, 5.74) is 7.53. The van der Waals surface area contributed by atoms with E-state index in [1.54, 1.807) is 0 Å². The van der Waals surface area contributed by atoms with Gasteiger partial charge in [0.15, 0.2) is 0 Å². The lowest BCUT2D eigenvalue weighted by atomic mass is 10.1. The smallest absolute Gasteiger partial charge is 0.0981 e. The first kappa shape index (κ1) is 38.3. The Balaban J connectivity index is 0.000000168. The second kappa shape index (κ2) is 20.2. The molecule has 4 nitrogen and oxygen atoms in total. The molecule has 256 valence electrons. The first-order valence-corrected chi connectivity index (χ1v) is 19.8. The zero-order chi connectivity index (χ0) is 35.0. The van der Waals surface area contributed by atoms with Gasteiger partial charge < -0.3 is 4.90 Å². The quantitative estimate of drug-likeness (QED) is 0.219. The van der Waals surface area contributed by atoms with Crippen LogP contribution in [0.2, 0.25) is 0 Å². The van der Waals surface area contributed by atoms with Gasteiger partial charge in [0.2, 0.25) is 0 Å². The fraction of sp³-hybridized carbons (Fsp3) is 0.310. The molecule has 3 atom stereocenters. The SMILES string of the molecule is C[C@H]1CSC(/C=C/C=C/c2ccc(N(C)C)cc2)=N1.Cc1ccc(/C=C/C=C/C2=N[C@@H](C)CS2)cc1.Cc1ccc(C2=N[C@@H](C)CS2)cc1. The summed E-state index contributed by atoms with van der Waals surface area (Å²) in [6, 6.07) is 27.0. The van der Waals surface area contributed by atoms with E-state index in [-0.39, 0.29) is 0 Å². The molecule has 0 spiro atoms. The highest BCUT2D eigenvalue weighted by Crippen LogP contribution is 2.23. The molecule has 0 fully saturated rings. The maximum absolute atomic E-state index is 4.57. The Morgan fingerprint density at radius 1 is 0.531 bits per heavy atom. The molecular formula is C42H50N4S3. The molecule has 6 rings (SSSR count). The summed E-state index contributed by atoms with van der Waals surface area (Å²) in [6.07, 6.45) is 16.6. The van der Waals surface area contributed by atoms with Crippen LogP contribution in [0.1, 0.15) is 48.6 Å². The van der Waals surface area contributed by atoms with Crippen LogP contribution in [-0.2, 0) is 0 Å². The number of allylic oxidation sites excluding steroid dienone is 4. The van der Waals surface area contributed by atoms with Crippen molar-refractivity contribution in [1.82, 2.24) is 0 Å². The Hall–Kier alpha value is -3.52. The summed E-state index contributed by atoms with van der Waals surface area (Å²) in [4.78, 5) is 15.7. The van der Waals surface area contributed by atoms with Gasteiger partial charge in [0, 0.05) is 42.6 Å². The number of rotatable bonds is 8. The van der Waals surface area contributed by atoms with Gasteiger partial charge in [0.25, 0.3) is 0 Å². The molecule has 0 amide bonds. The summed E-state index contributed by atoms with van der Waals surface area (Å²) >= 11 is 5.51. The van der Waals surface area contributed by atoms with Crippen LogP contribution in [-0.4, -0.2) is 64.6 Å². The molecule has 7 heteroatoms. The molecule has 0 aliphatic carbocycles. The van der Waals surface area contributed by atoms with E-state index in [4.69, 9.17) is 0 Å². The Labute approximate surface area is 307 Å². The Bertz CT molecular complexity index is 1680. The fourth-order valence-electron chi connectivity index (χ4n) is 4.68. The van der Waals surface area contributed by atoms with Crippen LogP contribution in [0.25, 0.3) is 12.2 Å². The molecule has 3 aliphatic heterocycles. The van der Waals surface area contributed by atoms with E-state index in [1.165, 1.54) is 38.5 Å².